The maximum atomic E-state index is 12.4. The summed E-state index contributed by atoms with van der Waals surface area (Å²) in [7, 11) is 0. The van der Waals surface area contributed by atoms with E-state index in [4.69, 9.17) is 10.4 Å². The van der Waals surface area contributed by atoms with Gasteiger partial charge in [-0.1, -0.05) is 15.9 Å². The molecule has 7 nitrogen and oxygen atoms in total. The largest absolute Gasteiger partial charge is 0.493 e. The molecule has 0 atom stereocenters. The molecule has 0 aliphatic heterocycles. The number of nitriles is 1. The molecule has 2 N–H and O–H groups in total. The van der Waals surface area contributed by atoms with Crippen LogP contribution >= 0.6 is 15.9 Å². The molecule has 118 valence electrons. The van der Waals surface area contributed by atoms with Crippen LogP contribution in [0, 0.1) is 18.3 Å². The van der Waals surface area contributed by atoms with Crippen molar-refractivity contribution in [3.8, 4) is 11.9 Å². The van der Waals surface area contributed by atoms with E-state index in [0.29, 0.717) is 5.69 Å². The highest BCUT2D eigenvalue weighted by molar-refractivity contribution is 9.10. The highest BCUT2D eigenvalue weighted by Crippen LogP contribution is 2.27. The van der Waals surface area contributed by atoms with Gasteiger partial charge in [0, 0.05) is 10.0 Å². The van der Waals surface area contributed by atoms with Crippen LogP contribution in [0.2, 0.25) is 0 Å². The predicted molar refractivity (Wildman–Crippen MR) is 87.2 cm³/mol. The van der Waals surface area contributed by atoms with E-state index >= 15 is 0 Å². The summed E-state index contributed by atoms with van der Waals surface area (Å²) in [4.78, 5) is 12.4. The molecule has 23 heavy (non-hydrogen) atoms. The standard InChI is InChI=1S/C15H13BrN4O3/c1-9-12(8-17)14(22)20(6-7-21)15(23)13(9)19-18-11-4-2-10(16)3-5-11/h2-5,21-22H,6-7H2,1H3. The molecule has 0 aliphatic carbocycles. The number of hydrogen-bond donors (Lipinski definition) is 2. The summed E-state index contributed by atoms with van der Waals surface area (Å²) in [5.74, 6) is -0.480. The molecule has 0 unspecified atom stereocenters. The van der Waals surface area contributed by atoms with Gasteiger partial charge in [0.25, 0.3) is 5.56 Å². The molecule has 0 saturated heterocycles. The Morgan fingerprint density at radius 3 is 2.52 bits per heavy atom. The number of nitrogens with zero attached hydrogens (tertiary/aromatic N) is 4. The van der Waals surface area contributed by atoms with Crippen LogP contribution in [0.5, 0.6) is 5.88 Å². The zero-order valence-corrected chi connectivity index (χ0v) is 13.8. The third-order valence-electron chi connectivity index (χ3n) is 3.18. The van der Waals surface area contributed by atoms with E-state index in [-0.39, 0.29) is 30.0 Å². The molecule has 8 heteroatoms. The van der Waals surface area contributed by atoms with Crippen LogP contribution < -0.4 is 5.56 Å². The molecule has 2 aromatic rings. The molecule has 0 bridgehead atoms. The van der Waals surface area contributed by atoms with Crippen LogP contribution in [0.15, 0.2) is 43.8 Å². The smallest absolute Gasteiger partial charge is 0.281 e. The maximum Gasteiger partial charge on any atom is 0.281 e. The van der Waals surface area contributed by atoms with E-state index in [9.17, 15) is 9.90 Å². The van der Waals surface area contributed by atoms with E-state index in [1.807, 2.05) is 6.07 Å². The van der Waals surface area contributed by atoms with Crippen molar-refractivity contribution in [2.24, 2.45) is 10.2 Å². The maximum absolute atomic E-state index is 12.4. The lowest BCUT2D eigenvalue weighted by atomic mass is 10.1. The fourth-order valence-electron chi connectivity index (χ4n) is 1.98. The second-order valence-corrected chi connectivity index (χ2v) is 5.56. The van der Waals surface area contributed by atoms with Crippen molar-refractivity contribution >= 4 is 27.3 Å². The number of aliphatic hydroxyl groups excluding tert-OH is 1. The molecule has 0 fully saturated rings. The zero-order valence-electron chi connectivity index (χ0n) is 12.2. The summed E-state index contributed by atoms with van der Waals surface area (Å²) in [5, 5.41) is 36.1. The van der Waals surface area contributed by atoms with E-state index < -0.39 is 11.4 Å². The van der Waals surface area contributed by atoms with Gasteiger partial charge in [0.1, 0.15) is 11.6 Å². The van der Waals surface area contributed by atoms with Crippen molar-refractivity contribution < 1.29 is 10.2 Å². The topological polar surface area (TPSA) is 111 Å². The van der Waals surface area contributed by atoms with Gasteiger partial charge in [-0.25, -0.2) is 0 Å². The summed E-state index contributed by atoms with van der Waals surface area (Å²) in [6.45, 7) is 1.02. The third-order valence-corrected chi connectivity index (χ3v) is 3.71. The van der Waals surface area contributed by atoms with Gasteiger partial charge in [0.2, 0.25) is 5.88 Å². The Balaban J connectivity index is 2.58. The Bertz CT molecular complexity index is 851. The number of azo groups is 1. The van der Waals surface area contributed by atoms with Crippen LogP contribution in [0.1, 0.15) is 11.1 Å². The van der Waals surface area contributed by atoms with Gasteiger partial charge in [-0.05, 0) is 31.2 Å². The van der Waals surface area contributed by atoms with Crippen LogP contribution in [0.4, 0.5) is 11.4 Å². The number of aromatic nitrogens is 1. The highest BCUT2D eigenvalue weighted by atomic mass is 79.9. The molecule has 0 spiro atoms. The predicted octanol–water partition coefficient (Wildman–Crippen LogP) is 2.90. The third kappa shape index (κ3) is 3.47. The Hall–Kier alpha value is -2.50. The molecule has 2 rings (SSSR count). The van der Waals surface area contributed by atoms with E-state index in [0.717, 1.165) is 9.04 Å². The zero-order chi connectivity index (χ0) is 17.0. The molecule has 0 aliphatic rings. The van der Waals surface area contributed by atoms with Crippen LogP contribution in [-0.2, 0) is 6.54 Å². The SMILES string of the molecule is Cc1c(C#N)c(O)n(CCO)c(=O)c1N=Nc1ccc(Br)cc1. The average Bonchev–Trinajstić information content (AvgIpc) is 2.53. The van der Waals surface area contributed by atoms with Gasteiger partial charge in [-0.15, -0.1) is 5.11 Å². The minimum absolute atomic E-state index is 0.0456. The first kappa shape index (κ1) is 16.9. The summed E-state index contributed by atoms with van der Waals surface area (Å²) in [6, 6.07) is 8.82. The second-order valence-electron chi connectivity index (χ2n) is 4.64. The lowest BCUT2D eigenvalue weighted by Crippen LogP contribution is -2.23. The first-order valence-electron chi connectivity index (χ1n) is 6.64. The number of pyridine rings is 1. The van der Waals surface area contributed by atoms with E-state index in [1.165, 1.54) is 6.92 Å². The first-order chi connectivity index (χ1) is 11.0. The minimum Gasteiger partial charge on any atom is -0.493 e. The molecule has 1 heterocycles. The monoisotopic (exact) mass is 376 g/mol. The fourth-order valence-corrected chi connectivity index (χ4v) is 2.24. The van der Waals surface area contributed by atoms with Gasteiger partial charge in [-0.2, -0.15) is 10.4 Å². The highest BCUT2D eigenvalue weighted by Gasteiger charge is 2.18. The van der Waals surface area contributed by atoms with Gasteiger partial charge in [-0.3, -0.25) is 9.36 Å². The second kappa shape index (κ2) is 7.17. The number of benzene rings is 1. The minimum atomic E-state index is -0.617. The average molecular weight is 377 g/mol. The summed E-state index contributed by atoms with van der Waals surface area (Å²) < 4.78 is 1.79. The Morgan fingerprint density at radius 2 is 1.96 bits per heavy atom. The Morgan fingerprint density at radius 1 is 1.30 bits per heavy atom. The van der Waals surface area contributed by atoms with Crippen molar-refractivity contribution in [2.75, 3.05) is 6.61 Å². The Labute approximate surface area is 140 Å². The lowest BCUT2D eigenvalue weighted by Gasteiger charge is -2.11. The van der Waals surface area contributed by atoms with Crippen molar-refractivity contribution in [1.82, 2.24) is 4.57 Å². The van der Waals surface area contributed by atoms with Crippen LogP contribution in [-0.4, -0.2) is 21.4 Å². The van der Waals surface area contributed by atoms with Gasteiger partial charge in [0.05, 0.1) is 18.8 Å². The summed E-state index contributed by atoms with van der Waals surface area (Å²) >= 11 is 3.31. The lowest BCUT2D eigenvalue weighted by molar-refractivity contribution is 0.263. The number of halogens is 1. The number of aliphatic hydroxyl groups is 1. The van der Waals surface area contributed by atoms with Crippen molar-refractivity contribution in [1.29, 1.82) is 5.26 Å². The number of hydrogen-bond acceptors (Lipinski definition) is 6. The molecule has 1 aromatic heterocycles. The van der Waals surface area contributed by atoms with Gasteiger partial charge < -0.3 is 10.2 Å². The normalized spacial score (nSPS) is 10.9. The molecule has 0 radical (unpaired) electrons. The molecule has 0 saturated carbocycles. The fraction of sp³-hybridized carbons (Fsp3) is 0.200. The Kier molecular flexibility index (Phi) is 5.26. The van der Waals surface area contributed by atoms with Crippen molar-refractivity contribution in [3.63, 3.8) is 0 Å². The van der Waals surface area contributed by atoms with E-state index in [1.54, 1.807) is 24.3 Å². The first-order valence-corrected chi connectivity index (χ1v) is 7.43. The quantitative estimate of drug-likeness (QED) is 0.798. The van der Waals surface area contributed by atoms with Crippen LogP contribution in [0.3, 0.4) is 0 Å². The summed E-state index contributed by atoms with van der Waals surface area (Å²) in [5.41, 5.74) is 0.0461. The summed E-state index contributed by atoms with van der Waals surface area (Å²) in [6.07, 6.45) is 0. The molecule has 1 aromatic carbocycles. The number of aromatic hydroxyl groups is 1. The van der Waals surface area contributed by atoms with Crippen LogP contribution in [0.25, 0.3) is 0 Å². The molecular weight excluding hydrogens is 364 g/mol. The number of rotatable bonds is 4. The van der Waals surface area contributed by atoms with Crippen molar-refractivity contribution in [2.45, 2.75) is 13.5 Å². The van der Waals surface area contributed by atoms with Gasteiger partial charge >= 0.3 is 0 Å². The molecule has 0 amide bonds. The van der Waals surface area contributed by atoms with E-state index in [2.05, 4.69) is 26.2 Å². The van der Waals surface area contributed by atoms with Crippen molar-refractivity contribution in [3.05, 3.63) is 50.2 Å². The van der Waals surface area contributed by atoms with Gasteiger partial charge in [0.15, 0.2) is 5.69 Å². The molecular formula is C15H13BrN4O3.